The van der Waals surface area contributed by atoms with Crippen LogP contribution in [0.15, 0.2) is 11.7 Å². The van der Waals surface area contributed by atoms with Gasteiger partial charge < -0.3 is 9.64 Å². The third kappa shape index (κ3) is 1.78. The van der Waals surface area contributed by atoms with Crippen LogP contribution in [0.5, 0.6) is 0 Å². The quantitative estimate of drug-likeness (QED) is 0.853. The van der Waals surface area contributed by atoms with Gasteiger partial charge in [-0.3, -0.25) is 0 Å². The lowest BCUT2D eigenvalue weighted by atomic mass is 9.96. The first-order valence-corrected chi connectivity index (χ1v) is 7.08. The van der Waals surface area contributed by atoms with Crippen LogP contribution in [0.25, 0.3) is 10.2 Å². The van der Waals surface area contributed by atoms with Crippen LogP contribution in [0.3, 0.4) is 0 Å². The molecule has 0 spiro atoms. The fraction of sp³-hybridized carbons (Fsp3) is 0.538. The molecule has 2 aromatic rings. The third-order valence-corrected chi connectivity index (χ3v) is 4.38. The number of nitrogens with zero attached hydrogens (tertiary/aromatic N) is 3. The fourth-order valence-corrected chi connectivity index (χ4v) is 3.47. The van der Waals surface area contributed by atoms with Gasteiger partial charge in [0.2, 0.25) is 0 Å². The number of ether oxygens (including phenoxy) is 1. The predicted molar refractivity (Wildman–Crippen MR) is 74.4 cm³/mol. The molecule has 18 heavy (non-hydrogen) atoms. The molecule has 1 fully saturated rings. The minimum atomic E-state index is -0.0179. The van der Waals surface area contributed by atoms with Crippen molar-refractivity contribution >= 4 is 27.4 Å². The molecule has 1 saturated heterocycles. The van der Waals surface area contributed by atoms with Gasteiger partial charge >= 0.3 is 0 Å². The summed E-state index contributed by atoms with van der Waals surface area (Å²) >= 11 is 1.68. The van der Waals surface area contributed by atoms with E-state index in [0.29, 0.717) is 0 Å². The lowest BCUT2D eigenvalue weighted by molar-refractivity contribution is -0.0447. The summed E-state index contributed by atoms with van der Waals surface area (Å²) in [5.41, 5.74) is 1.24. The molecule has 0 amide bonds. The van der Waals surface area contributed by atoms with Gasteiger partial charge in [-0.25, -0.2) is 9.97 Å². The number of hydrogen-bond donors (Lipinski definition) is 0. The lowest BCUT2D eigenvalue weighted by Crippen LogP contribution is -2.62. The molecule has 2 aromatic heterocycles. The summed E-state index contributed by atoms with van der Waals surface area (Å²) in [5.74, 6) is 1.05. The van der Waals surface area contributed by atoms with Crippen LogP contribution in [-0.2, 0) is 4.74 Å². The number of aromatic nitrogens is 2. The summed E-state index contributed by atoms with van der Waals surface area (Å²) in [4.78, 5) is 12.1. The van der Waals surface area contributed by atoms with Gasteiger partial charge in [-0.15, -0.1) is 11.3 Å². The van der Waals surface area contributed by atoms with Crippen LogP contribution in [-0.4, -0.2) is 35.3 Å². The summed E-state index contributed by atoms with van der Waals surface area (Å²) in [7, 11) is 0. The van der Waals surface area contributed by atoms with Gasteiger partial charge in [-0.05, 0) is 31.7 Å². The summed E-state index contributed by atoms with van der Waals surface area (Å²) in [5, 5.41) is 3.34. The average Bonchev–Trinajstić information content (AvgIpc) is 2.69. The van der Waals surface area contributed by atoms with Crippen LogP contribution in [0.1, 0.15) is 19.4 Å². The number of aryl methyl sites for hydroxylation is 1. The Morgan fingerprint density at radius 3 is 2.94 bits per heavy atom. The number of fused-ring (bicyclic) bond motifs is 1. The molecular formula is C13H17N3OS. The van der Waals surface area contributed by atoms with E-state index in [2.05, 4.69) is 34.1 Å². The van der Waals surface area contributed by atoms with Crippen molar-refractivity contribution < 1.29 is 4.74 Å². The average molecular weight is 263 g/mol. The Labute approximate surface area is 111 Å². The Morgan fingerprint density at radius 2 is 2.22 bits per heavy atom. The van der Waals surface area contributed by atoms with Crippen molar-refractivity contribution in [3.8, 4) is 0 Å². The Kier molecular flexibility index (Phi) is 2.75. The summed E-state index contributed by atoms with van der Waals surface area (Å²) in [6, 6.07) is 0. The third-order valence-electron chi connectivity index (χ3n) is 3.38. The molecule has 0 saturated carbocycles. The zero-order valence-electron chi connectivity index (χ0n) is 10.9. The van der Waals surface area contributed by atoms with Gasteiger partial charge in [-0.1, -0.05) is 0 Å². The van der Waals surface area contributed by atoms with E-state index in [1.165, 1.54) is 10.9 Å². The van der Waals surface area contributed by atoms with E-state index in [4.69, 9.17) is 4.74 Å². The molecule has 0 unspecified atom stereocenters. The highest BCUT2D eigenvalue weighted by Gasteiger charge is 2.40. The largest absolute Gasteiger partial charge is 0.372 e. The predicted octanol–water partition coefficient (Wildman–Crippen LogP) is 2.61. The normalized spacial score (nSPS) is 18.1. The number of rotatable bonds is 3. The number of thiophene rings is 1. The van der Waals surface area contributed by atoms with Gasteiger partial charge in [-0.2, -0.15) is 0 Å². The van der Waals surface area contributed by atoms with Crippen LogP contribution in [0.2, 0.25) is 0 Å². The molecular weight excluding hydrogens is 246 g/mol. The molecule has 0 radical (unpaired) electrons. The molecule has 0 aliphatic carbocycles. The van der Waals surface area contributed by atoms with E-state index in [1.807, 2.05) is 6.92 Å². The zero-order valence-corrected chi connectivity index (χ0v) is 11.8. The van der Waals surface area contributed by atoms with Crippen LogP contribution in [0.4, 0.5) is 5.82 Å². The van der Waals surface area contributed by atoms with Gasteiger partial charge in [0, 0.05) is 19.7 Å². The van der Waals surface area contributed by atoms with Gasteiger partial charge in [0.25, 0.3) is 0 Å². The minimum absolute atomic E-state index is 0.0179. The van der Waals surface area contributed by atoms with Crippen molar-refractivity contribution in [3.63, 3.8) is 0 Å². The monoisotopic (exact) mass is 263 g/mol. The van der Waals surface area contributed by atoms with Crippen molar-refractivity contribution in [1.82, 2.24) is 9.97 Å². The second kappa shape index (κ2) is 4.17. The van der Waals surface area contributed by atoms with Crippen molar-refractivity contribution in [1.29, 1.82) is 0 Å². The van der Waals surface area contributed by atoms with Gasteiger partial charge in [0.1, 0.15) is 22.6 Å². The van der Waals surface area contributed by atoms with E-state index in [-0.39, 0.29) is 5.60 Å². The minimum Gasteiger partial charge on any atom is -0.372 e. The number of anilines is 1. The smallest absolute Gasteiger partial charge is 0.141 e. The first-order chi connectivity index (χ1) is 8.63. The molecule has 3 rings (SSSR count). The molecule has 0 aromatic carbocycles. The zero-order chi connectivity index (χ0) is 12.8. The Hall–Kier alpha value is -1.20. The molecule has 5 heteroatoms. The fourth-order valence-electron chi connectivity index (χ4n) is 2.59. The van der Waals surface area contributed by atoms with E-state index in [0.717, 1.165) is 30.3 Å². The highest BCUT2D eigenvalue weighted by molar-refractivity contribution is 7.17. The van der Waals surface area contributed by atoms with E-state index in [9.17, 15) is 0 Å². The Bertz CT molecular complexity index is 575. The molecule has 3 heterocycles. The van der Waals surface area contributed by atoms with E-state index < -0.39 is 0 Å². The Morgan fingerprint density at radius 1 is 1.44 bits per heavy atom. The van der Waals surface area contributed by atoms with E-state index >= 15 is 0 Å². The van der Waals surface area contributed by atoms with Crippen molar-refractivity contribution in [2.45, 2.75) is 26.4 Å². The van der Waals surface area contributed by atoms with Gasteiger partial charge in [0.05, 0.1) is 5.39 Å². The maximum absolute atomic E-state index is 5.76. The van der Waals surface area contributed by atoms with Crippen molar-refractivity contribution in [2.75, 3.05) is 24.6 Å². The van der Waals surface area contributed by atoms with Crippen molar-refractivity contribution in [3.05, 3.63) is 17.3 Å². The van der Waals surface area contributed by atoms with E-state index in [1.54, 1.807) is 17.7 Å². The first-order valence-electron chi connectivity index (χ1n) is 6.21. The van der Waals surface area contributed by atoms with Crippen LogP contribution in [0, 0.1) is 6.92 Å². The summed E-state index contributed by atoms with van der Waals surface area (Å²) in [6.45, 7) is 8.89. The second-order valence-electron chi connectivity index (χ2n) is 5.04. The number of hydrogen-bond acceptors (Lipinski definition) is 5. The molecule has 4 nitrogen and oxygen atoms in total. The molecule has 96 valence electrons. The first kappa shape index (κ1) is 11.9. The van der Waals surface area contributed by atoms with Crippen LogP contribution < -0.4 is 4.90 Å². The maximum atomic E-state index is 5.76. The van der Waals surface area contributed by atoms with Crippen molar-refractivity contribution in [2.24, 2.45) is 0 Å². The molecule has 0 bridgehead atoms. The Balaban J connectivity index is 1.91. The maximum Gasteiger partial charge on any atom is 0.141 e. The lowest BCUT2D eigenvalue weighted by Gasteiger charge is -2.48. The topological polar surface area (TPSA) is 38.2 Å². The molecule has 0 N–H and O–H groups in total. The highest BCUT2D eigenvalue weighted by atomic mass is 32.1. The molecule has 0 atom stereocenters. The molecule has 1 aliphatic rings. The highest BCUT2D eigenvalue weighted by Crippen LogP contribution is 2.36. The summed E-state index contributed by atoms with van der Waals surface area (Å²) in [6.07, 6.45) is 1.66. The second-order valence-corrected chi connectivity index (χ2v) is 5.89. The summed E-state index contributed by atoms with van der Waals surface area (Å²) < 4.78 is 5.76. The van der Waals surface area contributed by atoms with Crippen LogP contribution >= 0.6 is 11.3 Å². The standard InChI is InChI=1S/C13H17N3OS/c1-4-17-13(3)6-16(7-13)11-10-9(2)5-18-12(10)15-8-14-11/h5,8H,4,6-7H2,1-3H3. The SMILES string of the molecule is CCOC1(C)CN(c2ncnc3scc(C)c23)C1. The molecule has 1 aliphatic heterocycles. The van der Waals surface area contributed by atoms with Gasteiger partial charge in [0.15, 0.2) is 0 Å².